The van der Waals surface area contributed by atoms with Crippen molar-refractivity contribution < 1.29 is 102 Å². The number of nitrogens with one attached hydrogen (secondary N) is 3. The third kappa shape index (κ3) is 13.2. The van der Waals surface area contributed by atoms with E-state index in [-0.39, 0.29) is 52.9 Å². The predicted octanol–water partition coefficient (Wildman–Crippen LogP) is -4.19. The second kappa shape index (κ2) is 24.9. The molecule has 0 bridgehead atoms. The van der Waals surface area contributed by atoms with Crippen LogP contribution in [0, 0.1) is 23.7 Å². The highest BCUT2D eigenvalue weighted by Crippen LogP contribution is 2.41. The molecular formula is C43H73N3O21. The van der Waals surface area contributed by atoms with E-state index in [0.717, 1.165) is 0 Å². The molecule has 0 aliphatic carbocycles. The lowest BCUT2D eigenvalue weighted by atomic mass is 9.83. The lowest BCUT2D eigenvalue weighted by Crippen LogP contribution is -2.64. The van der Waals surface area contributed by atoms with Gasteiger partial charge in [-0.2, -0.15) is 0 Å². The number of carbonyl (C=O) groups is 4. The maximum atomic E-state index is 12.6. The number of hydrogen-bond donors (Lipinski definition) is 10. The lowest BCUT2D eigenvalue weighted by Gasteiger charge is -2.46. The van der Waals surface area contributed by atoms with E-state index >= 15 is 0 Å². The van der Waals surface area contributed by atoms with Gasteiger partial charge in [-0.3, -0.25) is 14.4 Å². The summed E-state index contributed by atoms with van der Waals surface area (Å²) in [6.07, 6.45) is -11.8. The van der Waals surface area contributed by atoms with Crippen LogP contribution in [-0.4, -0.2) is 236 Å². The molecular weight excluding hydrogens is 894 g/mol. The molecule has 0 spiro atoms. The first kappa shape index (κ1) is 55.2. The minimum atomic E-state index is -2.01. The van der Waals surface area contributed by atoms with E-state index in [4.69, 9.17) is 47.4 Å². The second-order valence-corrected chi connectivity index (χ2v) is 18.3. The number of carbonyl (C=O) groups excluding carboxylic acids is 3. The van der Waals surface area contributed by atoms with E-state index < -0.39 is 164 Å². The normalized spacial score (nSPS) is 42.1. The Bertz CT molecular complexity index is 1620. The van der Waals surface area contributed by atoms with Gasteiger partial charge in [0, 0.05) is 58.5 Å². The van der Waals surface area contributed by atoms with Crippen molar-refractivity contribution in [2.45, 2.75) is 151 Å². The summed E-state index contributed by atoms with van der Waals surface area (Å²) < 4.78 is 59.8. The summed E-state index contributed by atoms with van der Waals surface area (Å²) in [4.78, 5) is 49.4. The van der Waals surface area contributed by atoms with Crippen LogP contribution in [0.3, 0.4) is 0 Å². The zero-order valence-electron chi connectivity index (χ0n) is 39.2. The maximum Gasteiger partial charge on any atom is 0.364 e. The van der Waals surface area contributed by atoms with Crippen molar-refractivity contribution in [1.29, 1.82) is 0 Å². The maximum absolute atomic E-state index is 12.6. The average molecular weight is 968 g/mol. The minimum absolute atomic E-state index is 0.0292. The number of carboxylic acid groups (broad SMARTS) is 1. The Labute approximate surface area is 389 Å². The van der Waals surface area contributed by atoms with E-state index in [1.54, 1.807) is 6.92 Å². The van der Waals surface area contributed by atoms with E-state index in [2.05, 4.69) is 16.0 Å². The number of aliphatic hydroxyl groups excluding tert-OH is 6. The largest absolute Gasteiger partial charge is 0.477 e. The van der Waals surface area contributed by atoms with Crippen LogP contribution in [-0.2, 0) is 66.5 Å². The molecule has 0 radical (unpaired) electrons. The van der Waals surface area contributed by atoms with Gasteiger partial charge in [0.1, 0.15) is 36.6 Å². The lowest BCUT2D eigenvalue weighted by molar-refractivity contribution is -0.215. The van der Waals surface area contributed by atoms with Crippen LogP contribution in [0.25, 0.3) is 0 Å². The van der Waals surface area contributed by atoms with Crippen LogP contribution in [0.2, 0.25) is 0 Å². The molecule has 21 unspecified atom stereocenters. The number of rotatable bonds is 22. The summed E-state index contributed by atoms with van der Waals surface area (Å²) in [6.45, 7) is 6.13. The number of aliphatic carboxylic acids is 1. The summed E-state index contributed by atoms with van der Waals surface area (Å²) in [7, 11) is 1.44. The molecule has 67 heavy (non-hydrogen) atoms. The Hall–Kier alpha value is -2.76. The van der Waals surface area contributed by atoms with Crippen molar-refractivity contribution in [3.8, 4) is 0 Å². The second-order valence-electron chi connectivity index (χ2n) is 18.3. The molecule has 24 nitrogen and oxygen atoms in total. The smallest absolute Gasteiger partial charge is 0.364 e. The number of hydrogen-bond acceptors (Lipinski definition) is 20. The molecule has 0 saturated carbocycles. The summed E-state index contributed by atoms with van der Waals surface area (Å²) >= 11 is 0. The van der Waals surface area contributed by atoms with Crippen molar-refractivity contribution >= 4 is 23.7 Å². The molecule has 5 heterocycles. The van der Waals surface area contributed by atoms with Crippen LogP contribution in [0.1, 0.15) is 48.0 Å². The minimum Gasteiger partial charge on any atom is -0.477 e. The zero-order chi connectivity index (χ0) is 49.3. The summed E-state index contributed by atoms with van der Waals surface area (Å²) in [5.74, 6) is -7.55. The molecule has 386 valence electrons. The fraction of sp³-hybridized carbons (Fsp3) is 0.907. The van der Waals surface area contributed by atoms with Crippen molar-refractivity contribution in [2.24, 2.45) is 23.7 Å². The first-order valence-corrected chi connectivity index (χ1v) is 22.9. The molecule has 0 aromatic rings. The molecule has 21 atom stereocenters. The van der Waals surface area contributed by atoms with Crippen molar-refractivity contribution in [2.75, 3.05) is 73.2 Å². The number of methoxy groups -OCH3 is 1. The third-order valence-electron chi connectivity index (χ3n) is 13.5. The zero-order valence-corrected chi connectivity index (χ0v) is 39.2. The quantitative estimate of drug-likeness (QED) is 0.0492. The number of aliphatic hydroxyl groups is 6. The van der Waals surface area contributed by atoms with Crippen LogP contribution < -0.4 is 16.0 Å². The topological polar surface area (TPSA) is 338 Å². The molecule has 5 saturated heterocycles. The molecule has 24 heteroatoms. The van der Waals surface area contributed by atoms with Crippen LogP contribution in [0.5, 0.6) is 0 Å². The van der Waals surface area contributed by atoms with Gasteiger partial charge in [0.25, 0.3) is 5.79 Å². The Kier molecular flexibility index (Phi) is 20.5. The van der Waals surface area contributed by atoms with Crippen molar-refractivity contribution in [1.82, 2.24) is 16.0 Å². The number of ether oxygens (including phenoxy) is 10. The van der Waals surface area contributed by atoms with Gasteiger partial charge in [-0.15, -0.1) is 0 Å². The molecule has 0 aromatic carbocycles. The highest BCUT2D eigenvalue weighted by Gasteiger charge is 2.59. The van der Waals surface area contributed by atoms with Gasteiger partial charge in [0.15, 0.2) is 0 Å². The van der Waals surface area contributed by atoms with Gasteiger partial charge < -0.3 is 99.1 Å². The highest BCUT2D eigenvalue weighted by molar-refractivity contribution is 5.75. The molecule has 5 aliphatic heterocycles. The monoisotopic (exact) mass is 967 g/mol. The Balaban J connectivity index is 1.27. The van der Waals surface area contributed by atoms with Crippen molar-refractivity contribution in [3.63, 3.8) is 0 Å². The van der Waals surface area contributed by atoms with Gasteiger partial charge in [0.2, 0.25) is 17.7 Å². The fourth-order valence-corrected chi connectivity index (χ4v) is 10.2. The Morgan fingerprint density at radius 1 is 0.537 bits per heavy atom. The SMILES string of the molecule is CCC1C(CO)OC(COCC2C(O)C(C)OC(COCC3C(O)C(CO)OC(COCC4C(CO)OC(COC)C5OC(C)(C(=O)O)OC45)C3NC(C)=O)C2NC(C)=O)C(NC(C)=O)C1O. The highest BCUT2D eigenvalue weighted by atomic mass is 16.8. The van der Waals surface area contributed by atoms with Crippen LogP contribution in [0.15, 0.2) is 0 Å². The molecule has 0 aromatic heterocycles. The molecule has 5 fully saturated rings. The van der Waals surface area contributed by atoms with Gasteiger partial charge in [-0.1, -0.05) is 6.92 Å². The van der Waals surface area contributed by atoms with E-state index in [1.165, 1.54) is 34.8 Å². The molecule has 10 N–H and O–H groups in total. The Morgan fingerprint density at radius 2 is 0.970 bits per heavy atom. The van der Waals surface area contributed by atoms with Crippen LogP contribution in [0.4, 0.5) is 0 Å². The summed E-state index contributed by atoms with van der Waals surface area (Å²) in [6, 6.07) is -2.68. The molecule has 3 amide bonds. The third-order valence-corrected chi connectivity index (χ3v) is 13.5. The van der Waals surface area contributed by atoms with Crippen LogP contribution >= 0.6 is 0 Å². The number of carboxylic acids is 1. The summed E-state index contributed by atoms with van der Waals surface area (Å²) in [5.41, 5.74) is 0. The average Bonchev–Trinajstić information content (AvgIpc) is 3.65. The predicted molar refractivity (Wildman–Crippen MR) is 227 cm³/mol. The van der Waals surface area contributed by atoms with Gasteiger partial charge in [-0.05, 0) is 13.3 Å². The van der Waals surface area contributed by atoms with Gasteiger partial charge >= 0.3 is 5.97 Å². The van der Waals surface area contributed by atoms with E-state index in [0.29, 0.717) is 6.42 Å². The molecule has 5 aliphatic rings. The standard InChI is InChI=1S/C43H73N3O21/c1-8-23-27(9-47)63-32(36(39(23)55)46-22(5)52)18-60-13-25-34(44-20(3)50)30(62-19(2)37(25)53)16-61-14-26-35(45-21(4)51)31(65-29(11-49)38(26)54)17-59-12-24-28(10-48)64-33(15-58-7)41-40(24)66-43(6,67-41)42(56)57/h19,23-41,47-49,53-55H,8-18H2,1-7H3,(H,44,50)(H,45,51)(H,46,52)(H,56,57). The fourth-order valence-electron chi connectivity index (χ4n) is 10.2. The van der Waals surface area contributed by atoms with Gasteiger partial charge in [-0.25, -0.2) is 4.79 Å². The number of amides is 3. The first-order chi connectivity index (χ1) is 31.8. The van der Waals surface area contributed by atoms with Gasteiger partial charge in [0.05, 0.1) is 127 Å². The summed E-state index contributed by atoms with van der Waals surface area (Å²) in [5, 5.41) is 82.8. The van der Waals surface area contributed by atoms with E-state index in [1.807, 2.05) is 6.92 Å². The Morgan fingerprint density at radius 3 is 1.46 bits per heavy atom. The van der Waals surface area contributed by atoms with Crippen molar-refractivity contribution in [3.05, 3.63) is 0 Å². The van der Waals surface area contributed by atoms with E-state index in [9.17, 15) is 54.9 Å². The number of fused-ring (bicyclic) bond motifs is 1. The first-order valence-electron chi connectivity index (χ1n) is 22.9. The molecule has 5 rings (SSSR count).